The SMILES string of the molecule is NNC(=O)C(O)C12CC3CC(CC(C3)C1)C2. The Kier molecular flexibility index (Phi) is 2.27. The van der Waals surface area contributed by atoms with Gasteiger partial charge in [-0.05, 0) is 56.3 Å². The number of nitrogens with two attached hydrogens (primary N) is 1. The molecule has 0 aliphatic heterocycles. The number of rotatable bonds is 2. The molecular weight excluding hydrogens is 204 g/mol. The van der Waals surface area contributed by atoms with Crippen molar-refractivity contribution in [2.75, 3.05) is 0 Å². The Balaban J connectivity index is 1.85. The Morgan fingerprint density at radius 1 is 1.19 bits per heavy atom. The average Bonchev–Trinajstić information content (AvgIpc) is 2.25. The van der Waals surface area contributed by atoms with E-state index in [-0.39, 0.29) is 5.41 Å². The van der Waals surface area contributed by atoms with Crippen LogP contribution in [0, 0.1) is 23.2 Å². The van der Waals surface area contributed by atoms with Gasteiger partial charge in [0, 0.05) is 5.41 Å². The van der Waals surface area contributed by atoms with E-state index >= 15 is 0 Å². The van der Waals surface area contributed by atoms with E-state index in [2.05, 4.69) is 5.43 Å². The second kappa shape index (κ2) is 3.44. The first-order chi connectivity index (χ1) is 7.63. The molecule has 0 spiro atoms. The zero-order chi connectivity index (χ0) is 11.3. The highest BCUT2D eigenvalue weighted by Gasteiger charge is 2.55. The molecule has 4 bridgehead atoms. The number of hydrazine groups is 1. The quantitative estimate of drug-likeness (QED) is 0.364. The molecule has 0 heterocycles. The van der Waals surface area contributed by atoms with Crippen molar-refractivity contribution in [1.29, 1.82) is 0 Å². The Morgan fingerprint density at radius 2 is 1.62 bits per heavy atom. The first-order valence-corrected chi connectivity index (χ1v) is 6.31. The van der Waals surface area contributed by atoms with E-state index in [0.29, 0.717) is 0 Å². The largest absolute Gasteiger partial charge is 0.383 e. The second-order valence-corrected chi connectivity index (χ2v) is 6.19. The highest BCUT2D eigenvalue weighted by molar-refractivity contribution is 5.80. The fraction of sp³-hybridized carbons (Fsp3) is 0.917. The van der Waals surface area contributed by atoms with Gasteiger partial charge in [-0.3, -0.25) is 10.2 Å². The van der Waals surface area contributed by atoms with Gasteiger partial charge in [-0.15, -0.1) is 0 Å². The number of carbonyl (C=O) groups is 1. The van der Waals surface area contributed by atoms with Crippen LogP contribution < -0.4 is 11.3 Å². The smallest absolute Gasteiger partial charge is 0.263 e. The Morgan fingerprint density at radius 3 is 2.00 bits per heavy atom. The van der Waals surface area contributed by atoms with Crippen molar-refractivity contribution in [1.82, 2.24) is 5.43 Å². The van der Waals surface area contributed by atoms with Gasteiger partial charge in [0.2, 0.25) is 0 Å². The van der Waals surface area contributed by atoms with Gasteiger partial charge in [-0.25, -0.2) is 5.84 Å². The summed E-state index contributed by atoms with van der Waals surface area (Å²) in [6.45, 7) is 0. The summed E-state index contributed by atoms with van der Waals surface area (Å²) in [5, 5.41) is 10.2. The van der Waals surface area contributed by atoms with E-state index in [1.807, 2.05) is 0 Å². The number of nitrogens with one attached hydrogen (secondary N) is 1. The fourth-order valence-electron chi connectivity index (χ4n) is 4.87. The molecule has 4 saturated carbocycles. The molecule has 0 aromatic carbocycles. The lowest BCUT2D eigenvalue weighted by atomic mass is 9.48. The molecule has 0 saturated heterocycles. The summed E-state index contributed by atoms with van der Waals surface area (Å²) in [6.07, 6.45) is 6.11. The van der Waals surface area contributed by atoms with Crippen molar-refractivity contribution >= 4 is 5.91 Å². The number of hydrogen-bond donors (Lipinski definition) is 3. The molecule has 4 fully saturated rings. The molecule has 1 unspecified atom stereocenters. The third kappa shape index (κ3) is 1.39. The average molecular weight is 224 g/mol. The molecule has 1 atom stereocenters. The van der Waals surface area contributed by atoms with E-state index < -0.39 is 12.0 Å². The molecule has 4 rings (SSSR count). The van der Waals surface area contributed by atoms with Crippen molar-refractivity contribution in [3.8, 4) is 0 Å². The van der Waals surface area contributed by atoms with Crippen LogP contribution in [0.5, 0.6) is 0 Å². The van der Waals surface area contributed by atoms with Crippen LogP contribution in [0.3, 0.4) is 0 Å². The van der Waals surface area contributed by atoms with Crippen LogP contribution in [0.25, 0.3) is 0 Å². The van der Waals surface area contributed by atoms with E-state index in [0.717, 1.165) is 37.0 Å². The summed E-state index contributed by atoms with van der Waals surface area (Å²) in [5.41, 5.74) is 1.95. The van der Waals surface area contributed by atoms with Crippen molar-refractivity contribution in [3.63, 3.8) is 0 Å². The first kappa shape index (κ1) is 10.5. The van der Waals surface area contributed by atoms with Crippen LogP contribution in [0.1, 0.15) is 38.5 Å². The van der Waals surface area contributed by atoms with Gasteiger partial charge in [0.15, 0.2) is 0 Å². The topological polar surface area (TPSA) is 75.3 Å². The van der Waals surface area contributed by atoms with Crippen LogP contribution in [0.4, 0.5) is 0 Å². The van der Waals surface area contributed by atoms with Crippen molar-refractivity contribution in [2.45, 2.75) is 44.6 Å². The number of aliphatic hydroxyl groups is 1. The van der Waals surface area contributed by atoms with E-state index in [1.54, 1.807) is 0 Å². The monoisotopic (exact) mass is 224 g/mol. The van der Waals surface area contributed by atoms with Gasteiger partial charge in [-0.2, -0.15) is 0 Å². The summed E-state index contributed by atoms with van der Waals surface area (Å²) in [6, 6.07) is 0. The van der Waals surface area contributed by atoms with Gasteiger partial charge in [0.05, 0.1) is 0 Å². The van der Waals surface area contributed by atoms with E-state index in [9.17, 15) is 9.90 Å². The van der Waals surface area contributed by atoms with Crippen LogP contribution in [-0.2, 0) is 4.79 Å². The predicted molar refractivity (Wildman–Crippen MR) is 58.9 cm³/mol. The minimum Gasteiger partial charge on any atom is -0.383 e. The van der Waals surface area contributed by atoms with E-state index in [4.69, 9.17) is 5.84 Å². The number of amides is 1. The summed E-state index contributed by atoms with van der Waals surface area (Å²) in [4.78, 5) is 11.5. The molecule has 4 N–H and O–H groups in total. The van der Waals surface area contributed by atoms with Crippen molar-refractivity contribution in [3.05, 3.63) is 0 Å². The highest BCUT2D eigenvalue weighted by Crippen LogP contribution is 2.61. The lowest BCUT2D eigenvalue weighted by molar-refractivity contribution is -0.155. The van der Waals surface area contributed by atoms with Crippen LogP contribution in [0.2, 0.25) is 0 Å². The van der Waals surface area contributed by atoms with E-state index in [1.165, 1.54) is 19.3 Å². The second-order valence-electron chi connectivity index (χ2n) is 6.19. The number of aliphatic hydroxyl groups excluding tert-OH is 1. The molecule has 0 aromatic heterocycles. The Bertz CT molecular complexity index is 281. The normalized spacial score (nSPS) is 46.8. The zero-order valence-corrected chi connectivity index (χ0v) is 9.48. The van der Waals surface area contributed by atoms with Crippen LogP contribution in [0.15, 0.2) is 0 Å². The Labute approximate surface area is 95.6 Å². The van der Waals surface area contributed by atoms with Crippen LogP contribution >= 0.6 is 0 Å². The molecular formula is C12H20N2O2. The maximum absolute atomic E-state index is 11.5. The molecule has 1 amide bonds. The Hall–Kier alpha value is -0.610. The number of hydrogen-bond acceptors (Lipinski definition) is 3. The standard InChI is InChI=1S/C12H20N2O2/c13-14-11(16)10(15)12-4-7-1-8(5-12)3-9(2-7)6-12/h7-10,15H,1-6,13H2,(H,14,16). The first-order valence-electron chi connectivity index (χ1n) is 6.31. The molecule has 0 aromatic rings. The third-order valence-corrected chi connectivity index (χ3v) is 5.06. The summed E-state index contributed by atoms with van der Waals surface area (Å²) < 4.78 is 0. The van der Waals surface area contributed by atoms with Gasteiger partial charge in [-0.1, -0.05) is 0 Å². The summed E-state index contributed by atoms with van der Waals surface area (Å²) in [7, 11) is 0. The predicted octanol–water partition coefficient (Wildman–Crippen LogP) is 0.554. The zero-order valence-electron chi connectivity index (χ0n) is 9.48. The van der Waals surface area contributed by atoms with Gasteiger partial charge in [0.25, 0.3) is 5.91 Å². The molecule has 4 nitrogen and oxygen atoms in total. The van der Waals surface area contributed by atoms with Gasteiger partial charge in [0.1, 0.15) is 6.10 Å². The van der Waals surface area contributed by atoms with Gasteiger partial charge < -0.3 is 5.11 Å². The molecule has 90 valence electrons. The summed E-state index contributed by atoms with van der Waals surface area (Å²) >= 11 is 0. The van der Waals surface area contributed by atoms with Gasteiger partial charge >= 0.3 is 0 Å². The molecule has 4 aliphatic carbocycles. The summed E-state index contributed by atoms with van der Waals surface area (Å²) in [5.74, 6) is 6.96. The number of carbonyl (C=O) groups excluding carboxylic acids is 1. The van der Waals surface area contributed by atoms with Crippen molar-refractivity contribution < 1.29 is 9.90 Å². The highest BCUT2D eigenvalue weighted by atomic mass is 16.3. The molecule has 4 heteroatoms. The molecule has 0 radical (unpaired) electrons. The molecule has 16 heavy (non-hydrogen) atoms. The third-order valence-electron chi connectivity index (χ3n) is 5.06. The lowest BCUT2D eigenvalue weighted by Gasteiger charge is -2.57. The maximum atomic E-state index is 11.5. The fourth-order valence-corrected chi connectivity index (χ4v) is 4.87. The molecule has 4 aliphatic rings. The maximum Gasteiger partial charge on any atom is 0.263 e. The van der Waals surface area contributed by atoms with Crippen molar-refractivity contribution in [2.24, 2.45) is 29.0 Å². The van der Waals surface area contributed by atoms with Crippen LogP contribution in [-0.4, -0.2) is 17.1 Å². The minimum absolute atomic E-state index is 0.155. The lowest BCUT2D eigenvalue weighted by Crippen LogP contribution is -2.56. The minimum atomic E-state index is -0.897.